The van der Waals surface area contributed by atoms with Gasteiger partial charge < -0.3 is 24.8 Å². The highest BCUT2D eigenvalue weighted by molar-refractivity contribution is 6.33. The molecular weight excluding hydrogens is 701 g/mol. The summed E-state index contributed by atoms with van der Waals surface area (Å²) in [5.41, 5.74) is -0.687. The molecule has 2 amide bonds. The van der Waals surface area contributed by atoms with Gasteiger partial charge in [-0.05, 0) is 69.9 Å². The van der Waals surface area contributed by atoms with Crippen molar-refractivity contribution >= 4 is 29.3 Å². The number of aromatic nitrogens is 3. The fourth-order valence-electron chi connectivity index (χ4n) is 7.54. The van der Waals surface area contributed by atoms with E-state index in [1.807, 2.05) is 30.3 Å². The van der Waals surface area contributed by atoms with Gasteiger partial charge in [0.05, 0.1) is 22.3 Å². The van der Waals surface area contributed by atoms with Crippen molar-refractivity contribution in [1.29, 1.82) is 0 Å². The number of carbonyl (C=O) groups is 2. The summed E-state index contributed by atoms with van der Waals surface area (Å²) in [5.74, 6) is 0.00423. The lowest BCUT2D eigenvalue weighted by Crippen LogP contribution is -2.51. The summed E-state index contributed by atoms with van der Waals surface area (Å²) in [6.07, 6.45) is -3.68. The molecule has 2 aromatic carbocycles. The third-order valence-electron chi connectivity index (χ3n) is 10.4. The van der Waals surface area contributed by atoms with E-state index in [1.54, 1.807) is 4.90 Å². The van der Waals surface area contributed by atoms with Crippen molar-refractivity contribution in [3.8, 4) is 11.4 Å². The molecule has 4 heterocycles. The van der Waals surface area contributed by atoms with Crippen LogP contribution in [0.3, 0.4) is 0 Å². The Hall–Kier alpha value is -4.08. The average Bonchev–Trinajstić information content (AvgIpc) is 3.40. The molecular formula is C36H46ClF3N8O4. The van der Waals surface area contributed by atoms with Crippen LogP contribution in [0.2, 0.25) is 5.02 Å². The number of alkyl halides is 3. The number of hydrogen-bond acceptors (Lipinski definition) is 8. The number of amides is 2. The molecule has 3 aromatic rings. The highest BCUT2D eigenvalue weighted by Gasteiger charge is 2.38. The normalized spacial score (nSPS) is 19.3. The van der Waals surface area contributed by atoms with Crippen LogP contribution >= 0.6 is 11.6 Å². The zero-order chi connectivity index (χ0) is 37.0. The number of ether oxygens (including phenoxy) is 1. The van der Waals surface area contributed by atoms with E-state index < -0.39 is 29.8 Å². The molecule has 1 atom stereocenters. The van der Waals surface area contributed by atoms with Crippen LogP contribution in [-0.4, -0.2) is 125 Å². The Morgan fingerprint density at radius 1 is 0.962 bits per heavy atom. The van der Waals surface area contributed by atoms with E-state index in [9.17, 15) is 27.6 Å². The van der Waals surface area contributed by atoms with E-state index >= 15 is 0 Å². The summed E-state index contributed by atoms with van der Waals surface area (Å²) in [6, 6.07) is 11.7. The van der Waals surface area contributed by atoms with Crippen LogP contribution in [0, 0.1) is 0 Å². The Bertz CT molecular complexity index is 1750. The highest BCUT2D eigenvalue weighted by atomic mass is 35.5. The number of aromatic amines is 1. The second kappa shape index (κ2) is 16.3. The lowest BCUT2D eigenvalue weighted by atomic mass is 9.99. The maximum absolute atomic E-state index is 14.1. The first-order valence-corrected chi connectivity index (χ1v) is 18.3. The summed E-state index contributed by atoms with van der Waals surface area (Å²) < 4.78 is 49.4. The molecule has 3 saturated heterocycles. The fraction of sp³-hybridized carbons (Fsp3) is 0.556. The Kier molecular flexibility index (Phi) is 11.8. The number of anilines is 1. The van der Waals surface area contributed by atoms with Gasteiger partial charge in [0.1, 0.15) is 0 Å². The number of nitrogens with zero attached hydrogens (tertiary/aromatic N) is 6. The molecule has 0 bridgehead atoms. The van der Waals surface area contributed by atoms with Gasteiger partial charge in [0, 0.05) is 64.3 Å². The molecule has 0 unspecified atom stereocenters. The summed E-state index contributed by atoms with van der Waals surface area (Å²) in [5, 5.41) is 6.85. The minimum Gasteiger partial charge on any atom is -0.436 e. The third kappa shape index (κ3) is 8.75. The maximum atomic E-state index is 14.1. The zero-order valence-corrected chi connectivity index (χ0v) is 30.3. The van der Waals surface area contributed by atoms with Crippen molar-refractivity contribution in [3.63, 3.8) is 0 Å². The maximum Gasteiger partial charge on any atom is 0.418 e. The molecule has 3 aliphatic heterocycles. The van der Waals surface area contributed by atoms with Crippen molar-refractivity contribution in [2.24, 2.45) is 0 Å². The first kappa shape index (κ1) is 37.7. The fourth-order valence-corrected chi connectivity index (χ4v) is 7.87. The van der Waals surface area contributed by atoms with Crippen molar-refractivity contribution in [2.75, 3.05) is 71.8 Å². The van der Waals surface area contributed by atoms with E-state index in [4.69, 9.17) is 16.3 Å². The molecule has 52 heavy (non-hydrogen) atoms. The topological polar surface area (TPSA) is 119 Å². The number of piperidine rings is 2. The number of carbonyl (C=O) groups excluding carboxylic acids is 2. The van der Waals surface area contributed by atoms with Crippen molar-refractivity contribution < 1.29 is 27.5 Å². The van der Waals surface area contributed by atoms with E-state index in [0.717, 1.165) is 57.1 Å². The van der Waals surface area contributed by atoms with Crippen LogP contribution in [0.15, 0.2) is 47.3 Å². The van der Waals surface area contributed by atoms with Gasteiger partial charge >= 0.3 is 18.0 Å². The van der Waals surface area contributed by atoms with Crippen LogP contribution in [0.4, 0.5) is 23.7 Å². The lowest BCUT2D eigenvalue weighted by molar-refractivity contribution is -0.142. The quantitative estimate of drug-likeness (QED) is 0.332. The molecule has 3 aliphatic rings. The number of likely N-dealkylation sites (tertiary alicyclic amines) is 2. The molecule has 2 N–H and O–H groups in total. The smallest absolute Gasteiger partial charge is 0.418 e. The number of halogens is 4. The molecule has 0 radical (unpaired) electrons. The van der Waals surface area contributed by atoms with Gasteiger partial charge in [-0.25, -0.2) is 14.3 Å². The summed E-state index contributed by atoms with van der Waals surface area (Å²) in [4.78, 5) is 51.2. The first-order valence-electron chi connectivity index (χ1n) is 17.9. The van der Waals surface area contributed by atoms with E-state index in [0.29, 0.717) is 37.8 Å². The van der Waals surface area contributed by atoms with Crippen molar-refractivity contribution in [2.45, 2.75) is 62.9 Å². The van der Waals surface area contributed by atoms with Gasteiger partial charge in [0.2, 0.25) is 0 Å². The predicted molar refractivity (Wildman–Crippen MR) is 191 cm³/mol. The van der Waals surface area contributed by atoms with Gasteiger partial charge in [0.25, 0.3) is 5.91 Å². The standard InChI is InChI=1S/C36H46ClF3N8O4/c1-41-31-28(36(38,39)40)21-24(22-29(31)37)23-30(33(49)46-15-9-26(10-16-46)45-14-6-13-44(2)19-20-45)52-35(51)47-17-11-27(12-18-47)48-34(50)42-32(43-48)25-7-4-3-5-8-25/h3-5,7-8,21-22,26-27,30,41H,6,9-20,23H2,1-2H3,(H,42,43,50)/t30-/m1/s1. The third-order valence-corrected chi connectivity index (χ3v) is 10.7. The molecule has 12 nitrogen and oxygen atoms in total. The van der Waals surface area contributed by atoms with Gasteiger partial charge in [-0.1, -0.05) is 41.9 Å². The van der Waals surface area contributed by atoms with Gasteiger partial charge in [-0.2, -0.15) is 13.2 Å². The minimum absolute atomic E-state index is 0.122. The van der Waals surface area contributed by atoms with E-state index in [-0.39, 0.29) is 47.5 Å². The van der Waals surface area contributed by atoms with Crippen LogP contribution in [-0.2, 0) is 22.1 Å². The Morgan fingerprint density at radius 2 is 1.63 bits per heavy atom. The second-order valence-corrected chi connectivity index (χ2v) is 14.3. The molecule has 0 spiro atoms. The average molecular weight is 747 g/mol. The molecule has 282 valence electrons. The second-order valence-electron chi connectivity index (χ2n) is 13.9. The minimum atomic E-state index is -4.71. The molecule has 16 heteroatoms. The SMILES string of the molecule is CNc1c(Cl)cc(C[C@@H](OC(=O)N2CCC(n3nc(-c4ccccc4)[nH]c3=O)CC2)C(=O)N2CCC(N3CCCN(C)CC3)CC2)cc1C(F)(F)F. The number of hydrogen-bond donors (Lipinski definition) is 2. The van der Waals surface area contributed by atoms with Gasteiger partial charge in [0.15, 0.2) is 11.9 Å². The van der Waals surface area contributed by atoms with Crippen LogP contribution < -0.4 is 11.0 Å². The van der Waals surface area contributed by atoms with E-state index in [2.05, 4.69) is 32.2 Å². The number of benzene rings is 2. The monoisotopic (exact) mass is 746 g/mol. The van der Waals surface area contributed by atoms with E-state index in [1.165, 1.54) is 22.7 Å². The Morgan fingerprint density at radius 3 is 2.31 bits per heavy atom. The number of likely N-dealkylation sites (N-methyl/N-ethyl adjacent to an activating group) is 1. The Labute approximate surface area is 305 Å². The highest BCUT2D eigenvalue weighted by Crippen LogP contribution is 2.40. The lowest BCUT2D eigenvalue weighted by Gasteiger charge is -2.39. The molecule has 3 fully saturated rings. The first-order chi connectivity index (χ1) is 24.9. The zero-order valence-electron chi connectivity index (χ0n) is 29.5. The predicted octanol–water partition coefficient (Wildman–Crippen LogP) is 4.97. The largest absolute Gasteiger partial charge is 0.436 e. The van der Waals surface area contributed by atoms with Crippen LogP contribution in [0.1, 0.15) is 49.3 Å². The Balaban J connectivity index is 1.15. The summed E-state index contributed by atoms with van der Waals surface area (Å²) >= 11 is 6.29. The molecule has 0 saturated carbocycles. The molecule has 0 aliphatic carbocycles. The van der Waals surface area contributed by atoms with Gasteiger partial charge in [-0.3, -0.25) is 14.7 Å². The van der Waals surface area contributed by atoms with Crippen molar-refractivity contribution in [1.82, 2.24) is 34.4 Å². The molecule has 6 rings (SSSR count). The van der Waals surface area contributed by atoms with Gasteiger partial charge in [-0.15, -0.1) is 5.10 Å². The number of H-pyrrole nitrogens is 1. The van der Waals surface area contributed by atoms with Crippen molar-refractivity contribution in [3.05, 3.63) is 69.1 Å². The molecule has 1 aromatic heterocycles. The summed E-state index contributed by atoms with van der Waals surface area (Å²) in [6.45, 7) is 5.36. The summed E-state index contributed by atoms with van der Waals surface area (Å²) in [7, 11) is 3.47. The number of rotatable bonds is 8. The van der Waals surface area contributed by atoms with Crippen LogP contribution in [0.5, 0.6) is 0 Å². The van der Waals surface area contributed by atoms with Crippen LogP contribution in [0.25, 0.3) is 11.4 Å². The number of nitrogens with one attached hydrogen (secondary N) is 2.